The molecule has 0 aliphatic heterocycles. The predicted octanol–water partition coefficient (Wildman–Crippen LogP) is 4.54. The smallest absolute Gasteiger partial charge is 0.251 e. The molecule has 0 aliphatic rings. The Hall–Kier alpha value is -2.47. The minimum Gasteiger partial charge on any atom is -0.339 e. The third-order valence-corrected chi connectivity index (χ3v) is 3.82. The molecule has 0 bridgehead atoms. The van der Waals surface area contributed by atoms with Gasteiger partial charge in [0.25, 0.3) is 5.95 Å². The number of benzene rings is 2. The monoisotopic (exact) mass is 369 g/mol. The first-order valence-corrected chi connectivity index (χ1v) is 8.10. The number of rotatable bonds is 5. The van der Waals surface area contributed by atoms with Gasteiger partial charge in [0.2, 0.25) is 0 Å². The van der Waals surface area contributed by atoms with Crippen LogP contribution in [0, 0.1) is 0 Å². The van der Waals surface area contributed by atoms with E-state index < -0.39 is 0 Å². The van der Waals surface area contributed by atoms with E-state index in [9.17, 15) is 0 Å². The lowest BCUT2D eigenvalue weighted by Crippen LogP contribution is -2.19. The highest BCUT2D eigenvalue weighted by Crippen LogP contribution is 2.23. The largest absolute Gasteiger partial charge is 0.339 e. The molecule has 1 heterocycles. The highest BCUT2D eigenvalue weighted by molar-refractivity contribution is 9.10. The molecule has 0 fully saturated rings. The maximum atomic E-state index is 4.57. The maximum absolute atomic E-state index is 4.57. The van der Waals surface area contributed by atoms with Gasteiger partial charge in [0.15, 0.2) is 5.82 Å². The van der Waals surface area contributed by atoms with Crippen LogP contribution in [-0.2, 0) is 0 Å². The number of anilines is 4. The lowest BCUT2D eigenvalue weighted by Gasteiger charge is -2.20. The van der Waals surface area contributed by atoms with E-state index >= 15 is 0 Å². The van der Waals surface area contributed by atoms with Gasteiger partial charge in [-0.1, -0.05) is 34.1 Å². The van der Waals surface area contributed by atoms with Gasteiger partial charge in [-0.15, -0.1) is 5.10 Å². The van der Waals surface area contributed by atoms with Crippen LogP contribution in [0.2, 0.25) is 0 Å². The zero-order chi connectivity index (χ0) is 16.1. The second-order valence-corrected chi connectivity index (χ2v) is 5.77. The summed E-state index contributed by atoms with van der Waals surface area (Å²) in [6.45, 7) is 2.82. The molecule has 0 saturated carbocycles. The maximum Gasteiger partial charge on any atom is 0.251 e. The summed E-state index contributed by atoms with van der Waals surface area (Å²) < 4.78 is 1.03. The van der Waals surface area contributed by atoms with Crippen molar-refractivity contribution in [3.05, 3.63) is 65.3 Å². The molecule has 3 aromatic rings. The van der Waals surface area contributed by atoms with Gasteiger partial charge in [-0.05, 0) is 43.3 Å². The fourth-order valence-corrected chi connectivity index (χ4v) is 2.46. The van der Waals surface area contributed by atoms with E-state index in [1.165, 1.54) is 0 Å². The van der Waals surface area contributed by atoms with Gasteiger partial charge in [0, 0.05) is 22.4 Å². The van der Waals surface area contributed by atoms with E-state index in [1.54, 1.807) is 6.20 Å². The van der Waals surface area contributed by atoms with Gasteiger partial charge in [-0.3, -0.25) is 0 Å². The lowest BCUT2D eigenvalue weighted by atomic mass is 10.3. The molecular weight excluding hydrogens is 354 g/mol. The topological polar surface area (TPSA) is 53.9 Å². The van der Waals surface area contributed by atoms with Gasteiger partial charge >= 0.3 is 0 Å². The van der Waals surface area contributed by atoms with Gasteiger partial charge in [0.1, 0.15) is 0 Å². The predicted molar refractivity (Wildman–Crippen MR) is 96.4 cm³/mol. The molecule has 0 aliphatic carbocycles. The molecule has 1 aromatic heterocycles. The molecule has 5 nitrogen and oxygen atoms in total. The normalized spacial score (nSPS) is 10.3. The first kappa shape index (κ1) is 15.4. The van der Waals surface area contributed by atoms with Gasteiger partial charge in [0.05, 0.1) is 6.20 Å². The second kappa shape index (κ2) is 7.19. The Labute approximate surface area is 143 Å². The molecule has 0 amide bonds. The van der Waals surface area contributed by atoms with Crippen LogP contribution in [0.25, 0.3) is 0 Å². The van der Waals surface area contributed by atoms with E-state index in [0.29, 0.717) is 11.8 Å². The molecule has 2 aromatic carbocycles. The molecule has 1 N–H and O–H groups in total. The summed E-state index contributed by atoms with van der Waals surface area (Å²) in [5, 5.41) is 11.5. The average Bonchev–Trinajstić information content (AvgIpc) is 2.59. The van der Waals surface area contributed by atoms with Crippen LogP contribution in [0.15, 0.2) is 65.3 Å². The van der Waals surface area contributed by atoms with E-state index in [-0.39, 0.29) is 0 Å². The van der Waals surface area contributed by atoms with Crippen molar-refractivity contribution < 1.29 is 0 Å². The highest BCUT2D eigenvalue weighted by atomic mass is 79.9. The number of para-hydroxylation sites is 1. The number of nitrogens with one attached hydrogen (secondary N) is 1. The summed E-state index contributed by atoms with van der Waals surface area (Å²) in [5.41, 5.74) is 1.99. The van der Waals surface area contributed by atoms with Crippen molar-refractivity contribution in [3.63, 3.8) is 0 Å². The molecule has 0 unspecified atom stereocenters. The standard InChI is InChI=1S/C17H16BrN5/c1-2-23(15-6-4-3-5-7-15)17-21-16(12-19-22-17)20-14-10-8-13(18)9-11-14/h3-12H,2H2,1H3,(H,20,21,22). The molecule has 116 valence electrons. The molecule has 0 atom stereocenters. The summed E-state index contributed by atoms with van der Waals surface area (Å²) in [4.78, 5) is 6.58. The van der Waals surface area contributed by atoms with Crippen molar-refractivity contribution in [2.24, 2.45) is 0 Å². The molecule has 0 radical (unpaired) electrons. The van der Waals surface area contributed by atoms with E-state index in [4.69, 9.17) is 0 Å². The highest BCUT2D eigenvalue weighted by Gasteiger charge is 2.11. The number of hydrogen-bond donors (Lipinski definition) is 1. The summed E-state index contributed by atoms with van der Waals surface area (Å²) >= 11 is 3.42. The zero-order valence-electron chi connectivity index (χ0n) is 12.6. The Morgan fingerprint density at radius 1 is 1.04 bits per heavy atom. The number of hydrogen-bond acceptors (Lipinski definition) is 5. The van der Waals surface area contributed by atoms with Crippen molar-refractivity contribution in [2.75, 3.05) is 16.8 Å². The van der Waals surface area contributed by atoms with Crippen LogP contribution in [-0.4, -0.2) is 21.7 Å². The second-order valence-electron chi connectivity index (χ2n) is 4.85. The SMILES string of the molecule is CCN(c1ccccc1)c1nncc(Nc2ccc(Br)cc2)n1. The van der Waals surface area contributed by atoms with Crippen LogP contribution in [0.3, 0.4) is 0 Å². The Bertz CT molecular complexity index is 761. The Morgan fingerprint density at radius 3 is 2.48 bits per heavy atom. The zero-order valence-corrected chi connectivity index (χ0v) is 14.2. The van der Waals surface area contributed by atoms with Gasteiger partial charge < -0.3 is 10.2 Å². The third kappa shape index (κ3) is 3.84. The van der Waals surface area contributed by atoms with Crippen LogP contribution in [0.1, 0.15) is 6.92 Å². The van der Waals surface area contributed by atoms with Crippen molar-refractivity contribution >= 4 is 39.1 Å². The van der Waals surface area contributed by atoms with Crippen LogP contribution in [0.4, 0.5) is 23.1 Å². The van der Waals surface area contributed by atoms with Crippen molar-refractivity contribution in [2.45, 2.75) is 6.92 Å². The van der Waals surface area contributed by atoms with Crippen molar-refractivity contribution in [1.82, 2.24) is 15.2 Å². The summed E-state index contributed by atoms with van der Waals surface area (Å²) in [7, 11) is 0. The molecule has 3 rings (SSSR count). The first-order valence-electron chi connectivity index (χ1n) is 7.31. The van der Waals surface area contributed by atoms with Gasteiger partial charge in [-0.25, -0.2) is 0 Å². The van der Waals surface area contributed by atoms with Crippen molar-refractivity contribution in [1.29, 1.82) is 0 Å². The van der Waals surface area contributed by atoms with Crippen molar-refractivity contribution in [3.8, 4) is 0 Å². The first-order chi connectivity index (χ1) is 11.3. The summed E-state index contributed by atoms with van der Waals surface area (Å²) in [5.74, 6) is 1.23. The Kier molecular flexibility index (Phi) is 4.83. The average molecular weight is 370 g/mol. The minimum absolute atomic E-state index is 0.570. The number of aromatic nitrogens is 3. The summed E-state index contributed by atoms with van der Waals surface area (Å²) in [6.07, 6.45) is 1.62. The fourth-order valence-electron chi connectivity index (χ4n) is 2.20. The minimum atomic E-state index is 0.570. The molecular formula is C17H16BrN5. The van der Waals surface area contributed by atoms with Gasteiger partial charge in [-0.2, -0.15) is 10.1 Å². The molecule has 0 saturated heterocycles. The third-order valence-electron chi connectivity index (χ3n) is 3.29. The van der Waals surface area contributed by atoms with E-state index in [2.05, 4.69) is 43.4 Å². The van der Waals surface area contributed by atoms with E-state index in [0.717, 1.165) is 22.4 Å². The Balaban J connectivity index is 1.85. The lowest BCUT2D eigenvalue weighted by molar-refractivity contribution is 0.887. The summed E-state index contributed by atoms with van der Waals surface area (Å²) in [6, 6.07) is 17.9. The van der Waals surface area contributed by atoms with Crippen LogP contribution >= 0.6 is 15.9 Å². The molecule has 23 heavy (non-hydrogen) atoms. The fraction of sp³-hybridized carbons (Fsp3) is 0.118. The number of halogens is 1. The van der Waals surface area contributed by atoms with Crippen LogP contribution < -0.4 is 10.2 Å². The quantitative estimate of drug-likeness (QED) is 0.715. The van der Waals surface area contributed by atoms with Crippen LogP contribution in [0.5, 0.6) is 0 Å². The molecule has 0 spiro atoms. The van der Waals surface area contributed by atoms with E-state index in [1.807, 2.05) is 59.5 Å². The Morgan fingerprint density at radius 2 is 1.78 bits per heavy atom. The molecule has 6 heteroatoms. The number of nitrogens with zero attached hydrogens (tertiary/aromatic N) is 4.